The Bertz CT molecular complexity index is 139. The van der Waals surface area contributed by atoms with Gasteiger partial charge in [-0.15, -0.1) is 0 Å². The standard InChI is InChI=1S/C10H22N2O/c1-11(2)7-8-12-6-4-3-5-10(12)9-13/h10,13H,3-9H2,1-2H3. The van der Waals surface area contributed by atoms with E-state index in [2.05, 4.69) is 23.9 Å². The first-order chi connectivity index (χ1) is 6.24. The quantitative estimate of drug-likeness (QED) is 0.688. The molecule has 0 radical (unpaired) electrons. The number of rotatable bonds is 4. The van der Waals surface area contributed by atoms with E-state index in [0.717, 1.165) is 13.1 Å². The summed E-state index contributed by atoms with van der Waals surface area (Å²) in [6.07, 6.45) is 3.75. The molecule has 1 rings (SSSR count). The van der Waals surface area contributed by atoms with E-state index in [1.54, 1.807) is 0 Å². The van der Waals surface area contributed by atoms with Crippen molar-refractivity contribution >= 4 is 0 Å². The molecule has 3 nitrogen and oxygen atoms in total. The zero-order valence-corrected chi connectivity index (χ0v) is 8.87. The number of aliphatic hydroxyl groups is 1. The van der Waals surface area contributed by atoms with Crippen LogP contribution in [-0.2, 0) is 0 Å². The van der Waals surface area contributed by atoms with Gasteiger partial charge in [-0.05, 0) is 33.5 Å². The molecule has 0 aliphatic carbocycles. The predicted molar refractivity (Wildman–Crippen MR) is 54.9 cm³/mol. The molecule has 0 amide bonds. The van der Waals surface area contributed by atoms with Crippen LogP contribution in [0.4, 0.5) is 0 Å². The maximum absolute atomic E-state index is 9.17. The summed E-state index contributed by atoms with van der Waals surface area (Å²) in [5, 5.41) is 9.17. The molecule has 13 heavy (non-hydrogen) atoms. The second-order valence-electron chi connectivity index (χ2n) is 4.17. The SMILES string of the molecule is CN(C)CCN1CCCCC1CO. The van der Waals surface area contributed by atoms with Crippen molar-refractivity contribution in [2.45, 2.75) is 25.3 Å². The summed E-state index contributed by atoms with van der Waals surface area (Å²) in [5.74, 6) is 0. The molecule has 1 fully saturated rings. The van der Waals surface area contributed by atoms with Crippen LogP contribution in [0.5, 0.6) is 0 Å². The third kappa shape index (κ3) is 3.63. The number of nitrogens with zero attached hydrogens (tertiary/aromatic N) is 2. The van der Waals surface area contributed by atoms with Gasteiger partial charge in [0.15, 0.2) is 0 Å². The van der Waals surface area contributed by atoms with Crippen LogP contribution in [-0.4, -0.2) is 61.3 Å². The maximum Gasteiger partial charge on any atom is 0.0586 e. The zero-order valence-electron chi connectivity index (χ0n) is 8.87. The predicted octanol–water partition coefficient (Wildman–Crippen LogP) is 0.395. The fourth-order valence-electron chi connectivity index (χ4n) is 1.89. The Morgan fingerprint density at radius 1 is 1.38 bits per heavy atom. The van der Waals surface area contributed by atoms with Crippen molar-refractivity contribution in [3.63, 3.8) is 0 Å². The van der Waals surface area contributed by atoms with E-state index in [4.69, 9.17) is 0 Å². The summed E-state index contributed by atoms with van der Waals surface area (Å²) in [4.78, 5) is 4.62. The number of hydrogen-bond acceptors (Lipinski definition) is 3. The van der Waals surface area contributed by atoms with Gasteiger partial charge in [0.25, 0.3) is 0 Å². The van der Waals surface area contributed by atoms with Crippen LogP contribution in [0.3, 0.4) is 0 Å². The van der Waals surface area contributed by atoms with Crippen molar-refractivity contribution in [3.8, 4) is 0 Å². The number of hydrogen-bond donors (Lipinski definition) is 1. The topological polar surface area (TPSA) is 26.7 Å². The number of likely N-dealkylation sites (N-methyl/N-ethyl adjacent to an activating group) is 1. The van der Waals surface area contributed by atoms with Crippen molar-refractivity contribution in [2.75, 3.05) is 40.3 Å². The fourth-order valence-corrected chi connectivity index (χ4v) is 1.89. The molecule has 1 unspecified atom stereocenters. The molecular formula is C10H22N2O. The molecule has 1 atom stereocenters. The fraction of sp³-hybridized carbons (Fsp3) is 1.00. The van der Waals surface area contributed by atoms with Crippen molar-refractivity contribution in [1.29, 1.82) is 0 Å². The first-order valence-electron chi connectivity index (χ1n) is 5.23. The maximum atomic E-state index is 9.17. The number of aliphatic hydroxyl groups excluding tert-OH is 1. The molecule has 1 aliphatic heterocycles. The lowest BCUT2D eigenvalue weighted by Crippen LogP contribution is -2.44. The lowest BCUT2D eigenvalue weighted by molar-refractivity contribution is 0.0843. The lowest BCUT2D eigenvalue weighted by Gasteiger charge is -2.35. The molecule has 1 aliphatic rings. The molecule has 0 bridgehead atoms. The first-order valence-corrected chi connectivity index (χ1v) is 5.23. The largest absolute Gasteiger partial charge is 0.395 e. The monoisotopic (exact) mass is 186 g/mol. The Labute approximate surface area is 81.3 Å². The Balaban J connectivity index is 2.27. The molecule has 1 N–H and O–H groups in total. The van der Waals surface area contributed by atoms with Crippen molar-refractivity contribution < 1.29 is 5.11 Å². The number of likely N-dealkylation sites (tertiary alicyclic amines) is 1. The van der Waals surface area contributed by atoms with Crippen molar-refractivity contribution in [1.82, 2.24) is 9.80 Å². The molecule has 1 heterocycles. The van der Waals surface area contributed by atoms with Gasteiger partial charge in [-0.1, -0.05) is 6.42 Å². The highest BCUT2D eigenvalue weighted by Gasteiger charge is 2.20. The van der Waals surface area contributed by atoms with Gasteiger partial charge in [0.1, 0.15) is 0 Å². The van der Waals surface area contributed by atoms with Gasteiger partial charge in [-0.2, -0.15) is 0 Å². The second-order valence-corrected chi connectivity index (χ2v) is 4.17. The smallest absolute Gasteiger partial charge is 0.0586 e. The Kier molecular flexibility index (Phi) is 4.70. The van der Waals surface area contributed by atoms with Crippen LogP contribution in [0.25, 0.3) is 0 Å². The summed E-state index contributed by atoms with van der Waals surface area (Å²) in [6, 6.07) is 0.425. The van der Waals surface area contributed by atoms with Gasteiger partial charge in [0, 0.05) is 19.1 Å². The molecule has 0 aromatic carbocycles. The minimum Gasteiger partial charge on any atom is -0.395 e. The Morgan fingerprint density at radius 2 is 2.15 bits per heavy atom. The molecule has 78 valence electrons. The van der Waals surface area contributed by atoms with Crippen LogP contribution in [0.15, 0.2) is 0 Å². The Hall–Kier alpha value is -0.120. The molecular weight excluding hydrogens is 164 g/mol. The Morgan fingerprint density at radius 3 is 2.77 bits per heavy atom. The summed E-state index contributed by atoms with van der Waals surface area (Å²) >= 11 is 0. The molecule has 0 saturated carbocycles. The highest BCUT2D eigenvalue weighted by Crippen LogP contribution is 2.15. The van der Waals surface area contributed by atoms with E-state index in [9.17, 15) is 5.11 Å². The summed E-state index contributed by atoms with van der Waals surface area (Å²) < 4.78 is 0. The van der Waals surface area contributed by atoms with Crippen LogP contribution in [0.2, 0.25) is 0 Å². The normalized spacial score (nSPS) is 25.4. The minimum atomic E-state index is 0.327. The van der Waals surface area contributed by atoms with E-state index < -0.39 is 0 Å². The van der Waals surface area contributed by atoms with Crippen LogP contribution in [0.1, 0.15) is 19.3 Å². The first kappa shape index (κ1) is 11.0. The average molecular weight is 186 g/mol. The van der Waals surface area contributed by atoms with Gasteiger partial charge in [-0.25, -0.2) is 0 Å². The van der Waals surface area contributed by atoms with Gasteiger partial charge >= 0.3 is 0 Å². The third-order valence-electron chi connectivity index (χ3n) is 2.79. The van der Waals surface area contributed by atoms with E-state index in [1.165, 1.54) is 25.8 Å². The lowest BCUT2D eigenvalue weighted by atomic mass is 10.0. The third-order valence-corrected chi connectivity index (χ3v) is 2.79. The van der Waals surface area contributed by atoms with E-state index >= 15 is 0 Å². The molecule has 0 aromatic heterocycles. The van der Waals surface area contributed by atoms with Gasteiger partial charge < -0.3 is 10.0 Å². The molecule has 1 saturated heterocycles. The number of piperidine rings is 1. The van der Waals surface area contributed by atoms with Crippen molar-refractivity contribution in [3.05, 3.63) is 0 Å². The van der Waals surface area contributed by atoms with E-state index in [0.29, 0.717) is 12.6 Å². The second kappa shape index (κ2) is 5.58. The summed E-state index contributed by atoms with van der Waals surface area (Å²) in [5.41, 5.74) is 0. The van der Waals surface area contributed by atoms with E-state index in [1.807, 2.05) is 0 Å². The summed E-state index contributed by atoms with van der Waals surface area (Å²) in [6.45, 7) is 3.68. The zero-order chi connectivity index (χ0) is 9.68. The van der Waals surface area contributed by atoms with Crippen LogP contribution in [0, 0.1) is 0 Å². The average Bonchev–Trinajstić information content (AvgIpc) is 2.15. The van der Waals surface area contributed by atoms with Gasteiger partial charge in [0.05, 0.1) is 6.61 Å². The van der Waals surface area contributed by atoms with E-state index in [-0.39, 0.29) is 0 Å². The van der Waals surface area contributed by atoms with Crippen molar-refractivity contribution in [2.24, 2.45) is 0 Å². The highest BCUT2D eigenvalue weighted by molar-refractivity contribution is 4.76. The van der Waals surface area contributed by atoms with Gasteiger partial charge in [-0.3, -0.25) is 4.90 Å². The molecule has 3 heteroatoms. The van der Waals surface area contributed by atoms with Crippen LogP contribution < -0.4 is 0 Å². The molecule has 0 aromatic rings. The minimum absolute atomic E-state index is 0.327. The molecule has 0 spiro atoms. The van der Waals surface area contributed by atoms with Crippen LogP contribution >= 0.6 is 0 Å². The summed E-state index contributed by atoms with van der Waals surface area (Å²) in [7, 11) is 4.19. The highest BCUT2D eigenvalue weighted by atomic mass is 16.3. The van der Waals surface area contributed by atoms with Gasteiger partial charge in [0.2, 0.25) is 0 Å².